The Bertz CT molecular complexity index is 583. The molecule has 0 aromatic heterocycles. The summed E-state index contributed by atoms with van der Waals surface area (Å²) in [5, 5.41) is 12.3. The van der Waals surface area contributed by atoms with Crippen molar-refractivity contribution in [2.24, 2.45) is 5.92 Å². The van der Waals surface area contributed by atoms with Gasteiger partial charge in [0.25, 0.3) is 0 Å². The number of amides is 2. The SMILES string of the molecule is CCN(C[C@H](C)C#N)C(=O)Nc1cc(Cl)cc2c1OCC2. The van der Waals surface area contributed by atoms with Crippen molar-refractivity contribution in [1.82, 2.24) is 4.90 Å². The Morgan fingerprint density at radius 2 is 2.38 bits per heavy atom. The summed E-state index contributed by atoms with van der Waals surface area (Å²) in [6.45, 7) is 5.18. The molecule has 1 atom stereocenters. The number of fused-ring (bicyclic) bond motifs is 1. The second-order valence-corrected chi connectivity index (χ2v) is 5.48. The van der Waals surface area contributed by atoms with Gasteiger partial charge in [-0.15, -0.1) is 0 Å². The van der Waals surface area contributed by atoms with E-state index in [1.54, 1.807) is 17.9 Å². The van der Waals surface area contributed by atoms with Crippen LogP contribution in [-0.2, 0) is 6.42 Å². The molecule has 0 unspecified atom stereocenters. The van der Waals surface area contributed by atoms with Gasteiger partial charge in [-0.05, 0) is 26.0 Å². The second kappa shape index (κ2) is 6.68. The van der Waals surface area contributed by atoms with Crippen LogP contribution in [0.1, 0.15) is 19.4 Å². The topological polar surface area (TPSA) is 65.4 Å². The molecule has 112 valence electrons. The largest absolute Gasteiger partial charge is 0.491 e. The number of hydrogen-bond acceptors (Lipinski definition) is 3. The number of nitrogens with one attached hydrogen (secondary N) is 1. The van der Waals surface area contributed by atoms with Crippen LogP contribution in [0.25, 0.3) is 0 Å². The van der Waals surface area contributed by atoms with Crippen molar-refractivity contribution in [3.8, 4) is 11.8 Å². The van der Waals surface area contributed by atoms with Crippen LogP contribution in [0.3, 0.4) is 0 Å². The van der Waals surface area contributed by atoms with Gasteiger partial charge in [0.05, 0.1) is 24.3 Å². The van der Waals surface area contributed by atoms with E-state index < -0.39 is 0 Å². The summed E-state index contributed by atoms with van der Waals surface area (Å²) in [5.74, 6) is 0.481. The Labute approximate surface area is 129 Å². The molecule has 5 nitrogen and oxygen atoms in total. The van der Waals surface area contributed by atoms with Gasteiger partial charge in [0.2, 0.25) is 0 Å². The molecule has 1 aliphatic heterocycles. The van der Waals surface area contributed by atoms with Gasteiger partial charge in [0, 0.05) is 30.1 Å². The van der Waals surface area contributed by atoms with E-state index in [1.807, 2.05) is 13.0 Å². The summed E-state index contributed by atoms with van der Waals surface area (Å²) in [5.41, 5.74) is 1.59. The lowest BCUT2D eigenvalue weighted by atomic mass is 10.1. The maximum absolute atomic E-state index is 12.3. The first-order chi connectivity index (χ1) is 10.0. The zero-order valence-electron chi connectivity index (χ0n) is 12.1. The van der Waals surface area contributed by atoms with E-state index in [9.17, 15) is 4.79 Å². The first kappa shape index (κ1) is 15.5. The maximum atomic E-state index is 12.3. The first-order valence-corrected chi connectivity index (χ1v) is 7.33. The molecule has 1 heterocycles. The van der Waals surface area contributed by atoms with Crippen LogP contribution < -0.4 is 10.1 Å². The number of halogens is 1. The zero-order valence-corrected chi connectivity index (χ0v) is 12.9. The fraction of sp³-hybridized carbons (Fsp3) is 0.467. The van der Waals surface area contributed by atoms with Gasteiger partial charge in [0.1, 0.15) is 5.75 Å². The van der Waals surface area contributed by atoms with Crippen molar-refractivity contribution in [2.75, 3.05) is 25.0 Å². The summed E-state index contributed by atoms with van der Waals surface area (Å²) in [4.78, 5) is 13.9. The molecule has 0 saturated carbocycles. The standard InChI is InChI=1S/C15H18ClN3O2/c1-3-19(9-10(2)8-17)15(20)18-13-7-12(16)6-11-4-5-21-14(11)13/h6-7,10H,3-5,9H2,1-2H3,(H,18,20)/t10-/m1/s1. The number of benzene rings is 1. The van der Waals surface area contributed by atoms with Gasteiger partial charge >= 0.3 is 6.03 Å². The molecule has 2 rings (SSSR count). The molecule has 1 aromatic carbocycles. The average molecular weight is 308 g/mol. The molecule has 0 spiro atoms. The van der Waals surface area contributed by atoms with Gasteiger partial charge in [-0.1, -0.05) is 11.6 Å². The number of carbonyl (C=O) groups is 1. The fourth-order valence-corrected chi connectivity index (χ4v) is 2.52. The number of carbonyl (C=O) groups excluding carboxylic acids is 1. The highest BCUT2D eigenvalue weighted by atomic mass is 35.5. The van der Waals surface area contributed by atoms with Crippen molar-refractivity contribution in [2.45, 2.75) is 20.3 Å². The molecule has 0 aliphatic carbocycles. The predicted octanol–water partition coefficient (Wildman–Crippen LogP) is 3.29. The molecule has 0 radical (unpaired) electrons. The molecule has 1 aromatic rings. The van der Waals surface area contributed by atoms with Crippen molar-refractivity contribution in [3.05, 3.63) is 22.7 Å². The number of anilines is 1. The van der Waals surface area contributed by atoms with Gasteiger partial charge in [-0.2, -0.15) is 5.26 Å². The molecule has 1 aliphatic rings. The minimum atomic E-state index is -0.250. The monoisotopic (exact) mass is 307 g/mol. The normalized spacial score (nSPS) is 13.8. The second-order valence-electron chi connectivity index (χ2n) is 5.04. The number of rotatable bonds is 4. The van der Waals surface area contributed by atoms with E-state index in [-0.39, 0.29) is 11.9 Å². The smallest absolute Gasteiger partial charge is 0.321 e. The van der Waals surface area contributed by atoms with Crippen molar-refractivity contribution in [3.63, 3.8) is 0 Å². The number of hydrogen-bond donors (Lipinski definition) is 1. The Morgan fingerprint density at radius 3 is 3.05 bits per heavy atom. The van der Waals surface area contributed by atoms with E-state index in [1.165, 1.54) is 0 Å². The van der Waals surface area contributed by atoms with Crippen molar-refractivity contribution < 1.29 is 9.53 Å². The van der Waals surface area contributed by atoms with E-state index in [4.69, 9.17) is 21.6 Å². The molecule has 6 heteroatoms. The van der Waals surface area contributed by atoms with Crippen LogP contribution in [0.2, 0.25) is 5.02 Å². The molecule has 2 amide bonds. The molecule has 0 bridgehead atoms. The molecule has 1 N–H and O–H groups in total. The summed E-state index contributed by atoms with van der Waals surface area (Å²) < 4.78 is 5.56. The van der Waals surface area contributed by atoms with Gasteiger partial charge in [-0.3, -0.25) is 0 Å². The van der Waals surface area contributed by atoms with Crippen molar-refractivity contribution in [1.29, 1.82) is 5.26 Å². The zero-order chi connectivity index (χ0) is 15.4. The van der Waals surface area contributed by atoms with E-state index >= 15 is 0 Å². The summed E-state index contributed by atoms with van der Waals surface area (Å²) in [7, 11) is 0. The minimum Gasteiger partial charge on any atom is -0.491 e. The lowest BCUT2D eigenvalue weighted by molar-refractivity contribution is 0.210. The number of urea groups is 1. The number of nitriles is 1. The van der Waals surface area contributed by atoms with Crippen LogP contribution in [0, 0.1) is 17.2 Å². The number of nitrogens with zero attached hydrogens (tertiary/aromatic N) is 2. The third-order valence-electron chi connectivity index (χ3n) is 3.37. The van der Waals surface area contributed by atoms with Crippen LogP contribution in [0.15, 0.2) is 12.1 Å². The number of ether oxygens (including phenoxy) is 1. The van der Waals surface area contributed by atoms with Crippen LogP contribution in [0.5, 0.6) is 5.75 Å². The lowest BCUT2D eigenvalue weighted by Crippen LogP contribution is -2.37. The quantitative estimate of drug-likeness (QED) is 0.928. The molecule has 0 fully saturated rings. The predicted molar refractivity (Wildman–Crippen MR) is 81.7 cm³/mol. The minimum absolute atomic E-state index is 0.211. The Morgan fingerprint density at radius 1 is 1.62 bits per heavy atom. The lowest BCUT2D eigenvalue weighted by Gasteiger charge is -2.23. The molecular weight excluding hydrogens is 290 g/mol. The summed E-state index contributed by atoms with van der Waals surface area (Å²) in [6, 6.07) is 5.42. The highest BCUT2D eigenvalue weighted by molar-refractivity contribution is 6.31. The van der Waals surface area contributed by atoms with Gasteiger partial charge in [0.15, 0.2) is 0 Å². The fourth-order valence-electron chi connectivity index (χ4n) is 2.28. The molecule has 21 heavy (non-hydrogen) atoms. The first-order valence-electron chi connectivity index (χ1n) is 6.96. The van der Waals surface area contributed by atoms with Crippen LogP contribution in [-0.4, -0.2) is 30.6 Å². The molecule has 0 saturated heterocycles. The Hall–Kier alpha value is -1.93. The van der Waals surface area contributed by atoms with E-state index in [0.717, 1.165) is 12.0 Å². The van der Waals surface area contributed by atoms with Crippen LogP contribution in [0.4, 0.5) is 10.5 Å². The summed E-state index contributed by atoms with van der Waals surface area (Å²) >= 11 is 6.07. The van der Waals surface area contributed by atoms with Crippen molar-refractivity contribution >= 4 is 23.3 Å². The van der Waals surface area contributed by atoms with E-state index in [0.29, 0.717) is 36.2 Å². The maximum Gasteiger partial charge on any atom is 0.321 e. The highest BCUT2D eigenvalue weighted by Gasteiger charge is 2.21. The van der Waals surface area contributed by atoms with Gasteiger partial charge in [-0.25, -0.2) is 4.79 Å². The highest BCUT2D eigenvalue weighted by Crippen LogP contribution is 2.36. The Balaban J connectivity index is 2.14. The van der Waals surface area contributed by atoms with Gasteiger partial charge < -0.3 is 15.0 Å². The third-order valence-corrected chi connectivity index (χ3v) is 3.59. The molecular formula is C15H18ClN3O2. The average Bonchev–Trinajstić information content (AvgIpc) is 2.92. The Kier molecular flexibility index (Phi) is 4.92. The third kappa shape index (κ3) is 3.59. The van der Waals surface area contributed by atoms with Crippen LogP contribution >= 0.6 is 11.6 Å². The summed E-state index contributed by atoms with van der Waals surface area (Å²) in [6.07, 6.45) is 0.793. The van der Waals surface area contributed by atoms with E-state index in [2.05, 4.69) is 11.4 Å².